The SMILES string of the molecule is CC(=O)CC(S)C(C)=O.CCC(C)C(S)C(C)=O.COCC(S)C(C)=O. The molecule has 0 N–H and O–H groups in total. The monoisotopic (exact) mass is 426 g/mol. The second-order valence-corrected chi connectivity index (χ2v) is 7.86. The fourth-order valence-electron chi connectivity index (χ4n) is 1.32. The summed E-state index contributed by atoms with van der Waals surface area (Å²) in [5.41, 5.74) is 0. The predicted octanol–water partition coefficient (Wildman–Crippen LogP) is 3.29. The van der Waals surface area contributed by atoms with Crippen LogP contribution in [0.1, 0.15) is 54.4 Å². The molecule has 26 heavy (non-hydrogen) atoms. The zero-order valence-electron chi connectivity index (χ0n) is 16.8. The maximum atomic E-state index is 10.7. The number of thiol groups is 3. The Kier molecular flexibility index (Phi) is 21.1. The van der Waals surface area contributed by atoms with Gasteiger partial charge in [-0.05, 0) is 33.6 Å². The fourth-order valence-corrected chi connectivity index (χ4v) is 1.93. The molecule has 0 saturated heterocycles. The standard InChI is InChI=1S/C7H14OS.C6H10O2S.C5H10O2S/c1-4-5(2)7(9)6(3)8;1-4(7)3-6(9)5(2)8;1-4(6)5(8)3-7-2/h5,7,9H,4H2,1-3H3;6,9H,3H2,1-2H3;5,8H,3H2,1-2H3. The van der Waals surface area contributed by atoms with Gasteiger partial charge in [-0.1, -0.05) is 20.3 Å². The van der Waals surface area contributed by atoms with Crippen molar-refractivity contribution in [1.82, 2.24) is 0 Å². The second kappa shape index (κ2) is 18.1. The highest BCUT2D eigenvalue weighted by Gasteiger charge is 2.14. The second-order valence-electron chi connectivity index (χ2n) is 6.06. The largest absolute Gasteiger partial charge is 0.383 e. The zero-order chi connectivity index (χ0) is 21.4. The highest BCUT2D eigenvalue weighted by Crippen LogP contribution is 2.13. The first-order valence-electron chi connectivity index (χ1n) is 8.35. The van der Waals surface area contributed by atoms with E-state index in [0.29, 0.717) is 12.5 Å². The summed E-state index contributed by atoms with van der Waals surface area (Å²) < 4.78 is 4.67. The summed E-state index contributed by atoms with van der Waals surface area (Å²) in [6.07, 6.45) is 1.27. The van der Waals surface area contributed by atoms with Crippen LogP contribution in [0.25, 0.3) is 0 Å². The molecule has 0 aromatic carbocycles. The van der Waals surface area contributed by atoms with E-state index in [-0.39, 0.29) is 40.1 Å². The van der Waals surface area contributed by atoms with Crippen molar-refractivity contribution in [3.05, 3.63) is 0 Å². The van der Waals surface area contributed by atoms with E-state index < -0.39 is 5.25 Å². The number of ether oxygens (including phenoxy) is 1. The molecule has 0 radical (unpaired) electrons. The molecule has 4 atom stereocenters. The Balaban J connectivity index is -0.000000306. The van der Waals surface area contributed by atoms with Crippen molar-refractivity contribution in [3.63, 3.8) is 0 Å². The molecule has 0 fully saturated rings. The number of hydrogen-bond donors (Lipinski definition) is 3. The van der Waals surface area contributed by atoms with E-state index in [1.54, 1.807) is 14.0 Å². The Labute approximate surface area is 174 Å². The van der Waals surface area contributed by atoms with Gasteiger partial charge in [-0.3, -0.25) is 19.2 Å². The van der Waals surface area contributed by atoms with Gasteiger partial charge >= 0.3 is 0 Å². The molecule has 0 rings (SSSR count). The maximum Gasteiger partial charge on any atom is 0.144 e. The summed E-state index contributed by atoms with van der Waals surface area (Å²) in [5.74, 6) is 0.590. The first-order valence-corrected chi connectivity index (χ1v) is 9.90. The van der Waals surface area contributed by atoms with Gasteiger partial charge in [-0.25, -0.2) is 0 Å². The smallest absolute Gasteiger partial charge is 0.144 e. The van der Waals surface area contributed by atoms with Gasteiger partial charge in [0.05, 0.1) is 22.4 Å². The molecule has 0 spiro atoms. The summed E-state index contributed by atoms with van der Waals surface area (Å²) in [6, 6.07) is 0. The number of Topliss-reactive ketones (excluding diaryl/α,β-unsaturated/α-hetero) is 4. The molecule has 0 amide bonds. The molecule has 4 unspecified atom stereocenters. The minimum Gasteiger partial charge on any atom is -0.383 e. The van der Waals surface area contributed by atoms with Gasteiger partial charge in [-0.2, -0.15) is 37.9 Å². The van der Waals surface area contributed by atoms with Crippen LogP contribution in [-0.2, 0) is 23.9 Å². The number of hydrogen-bond acceptors (Lipinski definition) is 8. The molecule has 0 aliphatic heterocycles. The minimum absolute atomic E-state index is 0.00481. The molecule has 0 aliphatic rings. The first kappa shape index (κ1) is 30.4. The molecular formula is C18H34O5S3. The lowest BCUT2D eigenvalue weighted by atomic mass is 10.0. The van der Waals surface area contributed by atoms with Crippen LogP contribution in [-0.4, -0.2) is 52.6 Å². The summed E-state index contributed by atoms with van der Waals surface area (Å²) >= 11 is 12.0. The molecular weight excluding hydrogens is 392 g/mol. The normalized spacial score (nSPS) is 14.4. The van der Waals surface area contributed by atoms with Crippen molar-refractivity contribution in [2.24, 2.45) is 5.92 Å². The third kappa shape index (κ3) is 20.0. The van der Waals surface area contributed by atoms with Crippen LogP contribution in [0.5, 0.6) is 0 Å². The van der Waals surface area contributed by atoms with E-state index in [0.717, 1.165) is 6.42 Å². The van der Waals surface area contributed by atoms with Crippen molar-refractivity contribution in [2.45, 2.75) is 70.1 Å². The molecule has 0 heterocycles. The summed E-state index contributed by atoms with van der Waals surface area (Å²) in [5, 5.41) is -0.711. The maximum absolute atomic E-state index is 10.7. The lowest BCUT2D eigenvalue weighted by molar-refractivity contribution is -0.121. The Bertz CT molecular complexity index is 441. The first-order chi connectivity index (χ1) is 11.8. The lowest BCUT2D eigenvalue weighted by Gasteiger charge is -2.12. The quantitative estimate of drug-likeness (QED) is 0.493. The van der Waals surface area contributed by atoms with E-state index in [2.05, 4.69) is 49.5 Å². The van der Waals surface area contributed by atoms with Gasteiger partial charge < -0.3 is 4.74 Å². The van der Waals surface area contributed by atoms with E-state index in [9.17, 15) is 19.2 Å². The number of carbonyl (C=O) groups is 4. The molecule has 0 aromatic heterocycles. The van der Waals surface area contributed by atoms with Crippen LogP contribution < -0.4 is 0 Å². The zero-order valence-corrected chi connectivity index (χ0v) is 19.5. The summed E-state index contributed by atoms with van der Waals surface area (Å²) in [7, 11) is 1.55. The molecule has 0 bridgehead atoms. The summed E-state index contributed by atoms with van der Waals surface area (Å²) in [6.45, 7) is 10.5. The predicted molar refractivity (Wildman–Crippen MR) is 117 cm³/mol. The van der Waals surface area contributed by atoms with Gasteiger partial charge in [-0.15, -0.1) is 0 Å². The van der Waals surface area contributed by atoms with Gasteiger partial charge in [0.1, 0.15) is 23.1 Å². The average molecular weight is 427 g/mol. The van der Waals surface area contributed by atoms with E-state index in [4.69, 9.17) is 0 Å². The van der Waals surface area contributed by atoms with Gasteiger partial charge in [0.2, 0.25) is 0 Å². The van der Waals surface area contributed by atoms with Crippen LogP contribution >= 0.6 is 37.9 Å². The van der Waals surface area contributed by atoms with Crippen molar-refractivity contribution in [2.75, 3.05) is 13.7 Å². The van der Waals surface area contributed by atoms with Gasteiger partial charge in [0.25, 0.3) is 0 Å². The lowest BCUT2D eigenvalue weighted by Crippen LogP contribution is -2.18. The third-order valence-electron chi connectivity index (χ3n) is 3.34. The highest BCUT2D eigenvalue weighted by molar-refractivity contribution is 7.82. The topological polar surface area (TPSA) is 77.5 Å². The van der Waals surface area contributed by atoms with E-state index >= 15 is 0 Å². The number of methoxy groups -OCH3 is 1. The van der Waals surface area contributed by atoms with Crippen molar-refractivity contribution < 1.29 is 23.9 Å². The van der Waals surface area contributed by atoms with Crippen molar-refractivity contribution in [1.29, 1.82) is 0 Å². The fraction of sp³-hybridized carbons (Fsp3) is 0.778. The molecule has 154 valence electrons. The van der Waals surface area contributed by atoms with Crippen LogP contribution in [0.15, 0.2) is 0 Å². The van der Waals surface area contributed by atoms with E-state index in [1.807, 2.05) is 6.92 Å². The Morgan fingerprint density at radius 2 is 1.27 bits per heavy atom. The number of carbonyl (C=O) groups excluding carboxylic acids is 4. The summed E-state index contributed by atoms with van der Waals surface area (Å²) in [4.78, 5) is 41.9. The number of rotatable bonds is 9. The molecule has 0 aromatic rings. The van der Waals surface area contributed by atoms with Crippen LogP contribution in [0.3, 0.4) is 0 Å². The minimum atomic E-state index is -0.400. The Hall–Kier alpha value is -0.310. The number of ketones is 4. The average Bonchev–Trinajstić information content (AvgIpc) is 2.53. The third-order valence-corrected chi connectivity index (χ3v) is 5.27. The van der Waals surface area contributed by atoms with Crippen LogP contribution in [0, 0.1) is 5.92 Å². The molecule has 5 nitrogen and oxygen atoms in total. The van der Waals surface area contributed by atoms with Gasteiger partial charge in [0, 0.05) is 13.5 Å². The van der Waals surface area contributed by atoms with Crippen molar-refractivity contribution in [3.8, 4) is 0 Å². The van der Waals surface area contributed by atoms with Crippen molar-refractivity contribution >= 4 is 61.0 Å². The molecule has 0 aliphatic carbocycles. The van der Waals surface area contributed by atoms with Gasteiger partial charge in [0.15, 0.2) is 0 Å². The molecule has 0 saturated carbocycles. The van der Waals surface area contributed by atoms with Crippen LogP contribution in [0.2, 0.25) is 0 Å². The van der Waals surface area contributed by atoms with Crippen LogP contribution in [0.4, 0.5) is 0 Å². The highest BCUT2D eigenvalue weighted by atomic mass is 32.1. The molecule has 8 heteroatoms. The van der Waals surface area contributed by atoms with E-state index in [1.165, 1.54) is 20.8 Å². The Morgan fingerprint density at radius 1 is 0.846 bits per heavy atom. The Morgan fingerprint density at radius 3 is 1.38 bits per heavy atom.